The molecule has 0 aliphatic carbocycles. The van der Waals surface area contributed by atoms with Gasteiger partial charge in [0.2, 0.25) is 11.1 Å². The predicted molar refractivity (Wildman–Crippen MR) is 75.2 cm³/mol. The molecule has 1 amide bonds. The molecule has 112 valence electrons. The molecular weight excluding hydrogens is 316 g/mol. The summed E-state index contributed by atoms with van der Waals surface area (Å²) in [6.45, 7) is 0. The second kappa shape index (κ2) is 5.31. The molecule has 0 spiro atoms. The maximum absolute atomic E-state index is 11.7. The minimum atomic E-state index is -0.936. The second-order valence-electron chi connectivity index (χ2n) is 4.59. The van der Waals surface area contributed by atoms with Crippen LogP contribution in [0.5, 0.6) is 0 Å². The van der Waals surface area contributed by atoms with Crippen LogP contribution in [0.3, 0.4) is 0 Å². The molecule has 0 aromatic carbocycles. The molecule has 0 saturated carbocycles. The molecule has 0 bridgehead atoms. The molecule has 3 atom stereocenters. The molecule has 2 aliphatic heterocycles. The Labute approximate surface area is 127 Å². The van der Waals surface area contributed by atoms with Gasteiger partial charge in [0.25, 0.3) is 0 Å². The first-order chi connectivity index (χ1) is 9.99. The highest BCUT2D eigenvalue weighted by Gasteiger charge is 2.50. The Morgan fingerprint density at radius 1 is 1.62 bits per heavy atom. The lowest BCUT2D eigenvalue weighted by Gasteiger charge is -2.47. The summed E-state index contributed by atoms with van der Waals surface area (Å²) in [5.41, 5.74) is 6.32. The number of β-lactam (4-membered cyclic amide) rings is 1. The first-order valence-electron chi connectivity index (χ1n) is 6.01. The number of amides is 1. The smallest absolute Gasteiger partial charge is 0.321 e. The number of tetrazole rings is 1. The van der Waals surface area contributed by atoms with Gasteiger partial charge in [-0.1, -0.05) is 11.8 Å². The molecule has 2 aliphatic rings. The van der Waals surface area contributed by atoms with Crippen LogP contribution in [-0.2, 0) is 16.6 Å². The molecule has 1 fully saturated rings. The number of thioether (sulfide) groups is 2. The van der Waals surface area contributed by atoms with Crippen LogP contribution in [0.2, 0.25) is 0 Å². The summed E-state index contributed by atoms with van der Waals surface area (Å²) in [5, 5.41) is 20.0. The Hall–Kier alpha value is -1.59. The second-order valence-corrected chi connectivity index (χ2v) is 6.76. The summed E-state index contributed by atoms with van der Waals surface area (Å²) in [6.07, 6.45) is 1.60. The van der Waals surface area contributed by atoms with Crippen LogP contribution in [0.15, 0.2) is 16.9 Å². The van der Waals surface area contributed by atoms with Gasteiger partial charge in [0, 0.05) is 19.0 Å². The summed E-state index contributed by atoms with van der Waals surface area (Å²) in [6, 6.07) is -0.620. The van der Waals surface area contributed by atoms with E-state index in [9.17, 15) is 14.7 Å². The van der Waals surface area contributed by atoms with Gasteiger partial charge in [0.05, 0.1) is 0 Å². The minimum absolute atomic E-state index is 0.181. The Morgan fingerprint density at radius 3 is 3.00 bits per heavy atom. The van der Waals surface area contributed by atoms with Gasteiger partial charge in [-0.05, 0) is 16.0 Å². The highest BCUT2D eigenvalue weighted by Crippen LogP contribution is 2.41. The zero-order valence-electron chi connectivity index (χ0n) is 10.9. The fourth-order valence-corrected chi connectivity index (χ4v) is 4.35. The van der Waals surface area contributed by atoms with Gasteiger partial charge in [-0.2, -0.15) is 0 Å². The van der Waals surface area contributed by atoms with E-state index in [1.54, 1.807) is 13.2 Å². The number of hydrogen-bond acceptors (Lipinski definition) is 8. The van der Waals surface area contributed by atoms with E-state index in [1.807, 2.05) is 0 Å². The topological polar surface area (TPSA) is 127 Å². The first-order valence-corrected chi connectivity index (χ1v) is 7.93. The first kappa shape index (κ1) is 14.4. The zero-order chi connectivity index (χ0) is 15.1. The number of fused-ring (bicyclic) bond motifs is 1. The van der Waals surface area contributed by atoms with Crippen LogP contribution in [0.4, 0.5) is 0 Å². The molecule has 1 aromatic heterocycles. The maximum Gasteiger partial charge on any atom is 0.321 e. The fraction of sp³-hybridized carbons (Fsp3) is 0.500. The molecule has 3 heterocycles. The summed E-state index contributed by atoms with van der Waals surface area (Å²) >= 11 is 2.51. The number of nitrogens with two attached hydrogens (primary N) is 1. The van der Waals surface area contributed by atoms with Gasteiger partial charge < -0.3 is 15.7 Å². The number of carboxylic acids is 1. The number of aliphatic carboxylic acids is 1. The van der Waals surface area contributed by atoms with E-state index in [4.69, 9.17) is 5.73 Å². The Morgan fingerprint density at radius 2 is 2.38 bits per heavy atom. The zero-order valence-corrected chi connectivity index (χ0v) is 12.5. The third-order valence-electron chi connectivity index (χ3n) is 3.21. The van der Waals surface area contributed by atoms with Crippen molar-refractivity contribution in [2.45, 2.75) is 21.8 Å². The molecule has 0 radical (unpaired) electrons. The van der Waals surface area contributed by atoms with Crippen LogP contribution in [-0.4, -0.2) is 64.5 Å². The molecular formula is C10H12N6O3S2. The number of hydrogen-bond donors (Lipinski definition) is 2. The van der Waals surface area contributed by atoms with Crippen molar-refractivity contribution in [2.24, 2.45) is 12.8 Å². The lowest BCUT2D eigenvalue weighted by molar-refractivity contribution is -0.141. The molecule has 3 unspecified atom stereocenters. The molecule has 3 rings (SSSR count). The van der Waals surface area contributed by atoms with Crippen LogP contribution < -0.4 is 5.73 Å². The highest BCUT2D eigenvalue weighted by molar-refractivity contribution is 8.02. The van der Waals surface area contributed by atoms with Crippen molar-refractivity contribution in [3.63, 3.8) is 0 Å². The number of aromatic nitrogens is 4. The average molecular weight is 328 g/mol. The van der Waals surface area contributed by atoms with E-state index in [0.29, 0.717) is 16.5 Å². The van der Waals surface area contributed by atoms with Crippen LogP contribution in [0.25, 0.3) is 0 Å². The molecule has 1 aromatic rings. The standard InChI is InChI=1S/C10H12N6O3S2/c1-15-10(12-13-14-15)20-3-4-2-16-7(17)5(11)8(16)21-6(4)9(18)19/h2,5-6,8H,3,11H2,1H3,(H,18,19). The average Bonchev–Trinajstić information content (AvgIpc) is 2.88. The Kier molecular flexibility index (Phi) is 3.63. The summed E-state index contributed by atoms with van der Waals surface area (Å²) in [5.74, 6) is -0.725. The van der Waals surface area contributed by atoms with Gasteiger partial charge in [-0.15, -0.1) is 16.9 Å². The van der Waals surface area contributed by atoms with Crippen molar-refractivity contribution in [1.82, 2.24) is 25.1 Å². The van der Waals surface area contributed by atoms with Crippen molar-refractivity contribution in [3.8, 4) is 0 Å². The molecule has 9 nitrogen and oxygen atoms in total. The van der Waals surface area contributed by atoms with Crippen molar-refractivity contribution >= 4 is 35.4 Å². The molecule has 21 heavy (non-hydrogen) atoms. The van der Waals surface area contributed by atoms with Crippen molar-refractivity contribution < 1.29 is 14.7 Å². The summed E-state index contributed by atoms with van der Waals surface area (Å²) < 4.78 is 1.50. The van der Waals surface area contributed by atoms with Crippen molar-refractivity contribution in [3.05, 3.63) is 11.8 Å². The maximum atomic E-state index is 11.7. The van der Waals surface area contributed by atoms with E-state index in [0.717, 1.165) is 0 Å². The number of rotatable bonds is 4. The van der Waals surface area contributed by atoms with E-state index in [-0.39, 0.29) is 11.3 Å². The lowest BCUT2D eigenvalue weighted by atomic mass is 10.1. The minimum Gasteiger partial charge on any atom is -0.480 e. The highest BCUT2D eigenvalue weighted by atomic mass is 32.2. The van der Waals surface area contributed by atoms with Crippen LogP contribution in [0.1, 0.15) is 0 Å². The summed E-state index contributed by atoms with van der Waals surface area (Å²) in [4.78, 5) is 24.6. The van der Waals surface area contributed by atoms with Gasteiger partial charge >= 0.3 is 5.97 Å². The number of carbonyl (C=O) groups excluding carboxylic acids is 1. The van der Waals surface area contributed by atoms with Gasteiger partial charge in [0.15, 0.2) is 0 Å². The monoisotopic (exact) mass is 328 g/mol. The van der Waals surface area contributed by atoms with Gasteiger partial charge in [-0.25, -0.2) is 4.68 Å². The predicted octanol–water partition coefficient (Wildman–Crippen LogP) is -1.12. The van der Waals surface area contributed by atoms with Gasteiger partial charge in [0.1, 0.15) is 16.7 Å². The van der Waals surface area contributed by atoms with E-state index < -0.39 is 17.3 Å². The quantitative estimate of drug-likeness (QED) is 0.522. The molecule has 1 saturated heterocycles. The number of nitrogens with zero attached hydrogens (tertiary/aromatic N) is 5. The van der Waals surface area contributed by atoms with E-state index >= 15 is 0 Å². The SMILES string of the molecule is Cn1nnnc1SCC1=CN2C(=O)C(N)C2SC1C(=O)O. The third-order valence-corrected chi connectivity index (χ3v) is 5.87. The largest absolute Gasteiger partial charge is 0.480 e. The van der Waals surface area contributed by atoms with E-state index in [2.05, 4.69) is 15.5 Å². The molecule has 3 N–H and O–H groups in total. The van der Waals surface area contributed by atoms with Crippen LogP contribution >= 0.6 is 23.5 Å². The van der Waals surface area contributed by atoms with Gasteiger partial charge in [-0.3, -0.25) is 9.59 Å². The number of carbonyl (C=O) groups is 2. The summed E-state index contributed by atoms with van der Waals surface area (Å²) in [7, 11) is 1.70. The van der Waals surface area contributed by atoms with Crippen molar-refractivity contribution in [2.75, 3.05) is 5.75 Å². The van der Waals surface area contributed by atoms with E-state index in [1.165, 1.54) is 33.1 Å². The molecule has 11 heteroatoms. The van der Waals surface area contributed by atoms with Crippen LogP contribution in [0, 0.1) is 0 Å². The Bertz CT molecular complexity index is 632. The number of aryl methyl sites for hydroxylation is 1. The van der Waals surface area contributed by atoms with Crippen molar-refractivity contribution in [1.29, 1.82) is 0 Å². The lowest BCUT2D eigenvalue weighted by Crippen LogP contribution is -2.67. The fourth-order valence-electron chi connectivity index (χ4n) is 2.09. The third kappa shape index (κ3) is 2.40. The Balaban J connectivity index is 1.77. The normalized spacial score (nSPS) is 27.9. The number of carboxylic acid groups (broad SMARTS) is 1.